The Balaban J connectivity index is 1.60. The van der Waals surface area contributed by atoms with E-state index in [0.29, 0.717) is 59.8 Å². The molecule has 3 aromatic heterocycles. The number of benzene rings is 1. The number of nitrogens with two attached hydrogens (primary N) is 1. The molecular weight excluding hydrogens is 405 g/mol. The van der Waals surface area contributed by atoms with Crippen LogP contribution in [-0.4, -0.2) is 67.7 Å². The van der Waals surface area contributed by atoms with Gasteiger partial charge in [0.05, 0.1) is 30.5 Å². The first-order valence-corrected chi connectivity index (χ1v) is 9.67. The topological polar surface area (TPSA) is 132 Å². The van der Waals surface area contributed by atoms with Gasteiger partial charge in [-0.2, -0.15) is 5.10 Å². The Bertz CT molecular complexity index is 1320. The molecular formula is C20H18FN7O3. The van der Waals surface area contributed by atoms with Gasteiger partial charge >= 0.3 is 0 Å². The number of ether oxygens (including phenoxy) is 1. The summed E-state index contributed by atoms with van der Waals surface area (Å²) in [5.41, 5.74) is 7.58. The molecule has 4 aromatic rings. The molecule has 10 nitrogen and oxygen atoms in total. The molecule has 11 heteroatoms. The number of H-pyrrole nitrogens is 1. The highest BCUT2D eigenvalue weighted by molar-refractivity contribution is 6.04. The number of morpholine rings is 1. The summed E-state index contributed by atoms with van der Waals surface area (Å²) < 4.78 is 20.9. The SMILES string of the molecule is NC(=O)c1c[nH]c2ncc(-c3nn(CC(=O)N4CCOCC4)c4ccc(F)cc34)nc12. The quantitative estimate of drug-likeness (QED) is 0.505. The fourth-order valence-corrected chi connectivity index (χ4v) is 3.70. The third-order valence-corrected chi connectivity index (χ3v) is 5.25. The molecule has 0 aliphatic carbocycles. The largest absolute Gasteiger partial charge is 0.378 e. The number of carbonyl (C=O) groups excluding carboxylic acids is 2. The van der Waals surface area contributed by atoms with Crippen molar-refractivity contribution in [3.63, 3.8) is 0 Å². The van der Waals surface area contributed by atoms with Crippen molar-refractivity contribution in [3.8, 4) is 11.4 Å². The second-order valence-corrected chi connectivity index (χ2v) is 7.18. The first kappa shape index (κ1) is 19.1. The van der Waals surface area contributed by atoms with Crippen molar-refractivity contribution in [3.05, 3.63) is 42.0 Å². The first-order chi connectivity index (χ1) is 15.0. The maximum Gasteiger partial charge on any atom is 0.252 e. The lowest BCUT2D eigenvalue weighted by Crippen LogP contribution is -2.42. The minimum absolute atomic E-state index is 0.00546. The molecule has 5 rings (SSSR count). The van der Waals surface area contributed by atoms with E-state index in [1.165, 1.54) is 29.2 Å². The smallest absolute Gasteiger partial charge is 0.252 e. The fourth-order valence-electron chi connectivity index (χ4n) is 3.70. The molecule has 0 bridgehead atoms. The Morgan fingerprint density at radius 2 is 2.06 bits per heavy atom. The maximum atomic E-state index is 14.0. The lowest BCUT2D eigenvalue weighted by molar-refractivity contribution is -0.136. The molecule has 158 valence electrons. The van der Waals surface area contributed by atoms with Gasteiger partial charge in [-0.25, -0.2) is 14.4 Å². The van der Waals surface area contributed by atoms with E-state index in [1.54, 1.807) is 11.0 Å². The van der Waals surface area contributed by atoms with Gasteiger partial charge in [0.15, 0.2) is 5.65 Å². The van der Waals surface area contributed by atoms with Crippen molar-refractivity contribution in [2.24, 2.45) is 5.73 Å². The van der Waals surface area contributed by atoms with Gasteiger partial charge in [0, 0.05) is 24.7 Å². The summed E-state index contributed by atoms with van der Waals surface area (Å²) in [6.45, 7) is 2.03. The van der Waals surface area contributed by atoms with E-state index in [9.17, 15) is 14.0 Å². The van der Waals surface area contributed by atoms with Crippen molar-refractivity contribution in [2.45, 2.75) is 6.54 Å². The van der Waals surface area contributed by atoms with Crippen LogP contribution in [0, 0.1) is 5.82 Å². The number of nitrogens with zero attached hydrogens (tertiary/aromatic N) is 5. The van der Waals surface area contributed by atoms with Crippen LogP contribution in [0.3, 0.4) is 0 Å². The first-order valence-electron chi connectivity index (χ1n) is 9.67. The molecule has 1 aliphatic rings. The molecule has 0 unspecified atom stereocenters. The van der Waals surface area contributed by atoms with Crippen LogP contribution < -0.4 is 5.73 Å². The highest BCUT2D eigenvalue weighted by Crippen LogP contribution is 2.29. The summed E-state index contributed by atoms with van der Waals surface area (Å²) in [7, 11) is 0. The van der Waals surface area contributed by atoms with Crippen molar-refractivity contribution < 1.29 is 18.7 Å². The molecule has 4 heterocycles. The monoisotopic (exact) mass is 423 g/mol. The highest BCUT2D eigenvalue weighted by Gasteiger charge is 2.22. The van der Waals surface area contributed by atoms with Crippen LogP contribution in [0.1, 0.15) is 10.4 Å². The van der Waals surface area contributed by atoms with Crippen LogP contribution in [0.2, 0.25) is 0 Å². The number of primary amides is 1. The van der Waals surface area contributed by atoms with E-state index in [4.69, 9.17) is 10.5 Å². The minimum Gasteiger partial charge on any atom is -0.378 e. The third-order valence-electron chi connectivity index (χ3n) is 5.25. The molecule has 1 saturated heterocycles. The van der Waals surface area contributed by atoms with Crippen LogP contribution >= 0.6 is 0 Å². The molecule has 2 amide bonds. The fraction of sp³-hybridized carbons (Fsp3) is 0.250. The number of amides is 2. The number of fused-ring (bicyclic) bond motifs is 2. The van der Waals surface area contributed by atoms with Gasteiger partial charge in [-0.15, -0.1) is 0 Å². The average molecular weight is 423 g/mol. The second-order valence-electron chi connectivity index (χ2n) is 7.18. The lowest BCUT2D eigenvalue weighted by atomic mass is 10.1. The van der Waals surface area contributed by atoms with E-state index < -0.39 is 11.7 Å². The number of rotatable bonds is 4. The summed E-state index contributed by atoms with van der Waals surface area (Å²) in [5.74, 6) is -1.19. The molecule has 0 saturated carbocycles. The Hall–Kier alpha value is -3.86. The summed E-state index contributed by atoms with van der Waals surface area (Å²) >= 11 is 0. The van der Waals surface area contributed by atoms with Gasteiger partial charge in [-0.05, 0) is 18.2 Å². The van der Waals surface area contributed by atoms with Gasteiger partial charge in [-0.3, -0.25) is 14.3 Å². The predicted octanol–water partition coefficient (Wildman–Crippen LogP) is 1.07. The van der Waals surface area contributed by atoms with Crippen LogP contribution in [-0.2, 0) is 16.1 Å². The molecule has 1 fully saturated rings. The molecule has 0 radical (unpaired) electrons. The van der Waals surface area contributed by atoms with E-state index in [1.807, 2.05) is 0 Å². The van der Waals surface area contributed by atoms with Crippen LogP contribution in [0.15, 0.2) is 30.6 Å². The normalized spacial score (nSPS) is 14.4. The average Bonchev–Trinajstić information content (AvgIpc) is 3.35. The lowest BCUT2D eigenvalue weighted by Gasteiger charge is -2.26. The van der Waals surface area contributed by atoms with E-state index in [-0.39, 0.29) is 18.0 Å². The summed E-state index contributed by atoms with van der Waals surface area (Å²) in [6, 6.07) is 4.23. The Morgan fingerprint density at radius 3 is 2.84 bits per heavy atom. The number of hydrogen-bond acceptors (Lipinski definition) is 6. The Labute approximate surface area is 174 Å². The van der Waals surface area contributed by atoms with Crippen molar-refractivity contribution in [1.29, 1.82) is 0 Å². The van der Waals surface area contributed by atoms with Crippen LogP contribution in [0.4, 0.5) is 4.39 Å². The minimum atomic E-state index is -0.643. The Morgan fingerprint density at radius 1 is 1.26 bits per heavy atom. The van der Waals surface area contributed by atoms with E-state index in [2.05, 4.69) is 20.1 Å². The second kappa shape index (κ2) is 7.43. The number of aromatic amines is 1. The number of nitrogens with one attached hydrogen (secondary N) is 1. The summed E-state index contributed by atoms with van der Waals surface area (Å²) in [5, 5.41) is 5.03. The maximum absolute atomic E-state index is 14.0. The molecule has 1 aliphatic heterocycles. The Kier molecular flexibility index (Phi) is 4.59. The summed E-state index contributed by atoms with van der Waals surface area (Å²) in [6.07, 6.45) is 2.92. The number of aromatic nitrogens is 5. The van der Waals surface area contributed by atoms with Crippen molar-refractivity contribution in [1.82, 2.24) is 29.6 Å². The summed E-state index contributed by atoms with van der Waals surface area (Å²) in [4.78, 5) is 37.7. The standard InChI is InChI=1S/C20H18FN7O3/c21-11-1-2-15-12(7-11)17(26-28(15)10-16(29)27-3-5-31-6-4-27)14-9-24-20-18(25-14)13(8-23-20)19(22)30/h1-2,7-9H,3-6,10H2,(H2,22,30)(H,23,24). The van der Waals surface area contributed by atoms with Crippen molar-refractivity contribution >= 4 is 33.9 Å². The number of carbonyl (C=O) groups is 2. The molecule has 0 spiro atoms. The van der Waals surface area contributed by atoms with Gasteiger partial charge < -0.3 is 20.4 Å². The van der Waals surface area contributed by atoms with Gasteiger partial charge in [0.2, 0.25) is 5.91 Å². The zero-order valence-electron chi connectivity index (χ0n) is 16.3. The molecule has 3 N–H and O–H groups in total. The molecule has 31 heavy (non-hydrogen) atoms. The third kappa shape index (κ3) is 3.38. The van der Waals surface area contributed by atoms with E-state index >= 15 is 0 Å². The predicted molar refractivity (Wildman–Crippen MR) is 108 cm³/mol. The van der Waals surface area contributed by atoms with Gasteiger partial charge in [-0.1, -0.05) is 0 Å². The van der Waals surface area contributed by atoms with Crippen LogP contribution in [0.25, 0.3) is 33.5 Å². The van der Waals surface area contributed by atoms with E-state index in [0.717, 1.165) is 0 Å². The zero-order valence-corrected chi connectivity index (χ0v) is 16.3. The van der Waals surface area contributed by atoms with Crippen LogP contribution in [0.5, 0.6) is 0 Å². The highest BCUT2D eigenvalue weighted by atomic mass is 19.1. The number of halogens is 1. The van der Waals surface area contributed by atoms with Crippen molar-refractivity contribution in [2.75, 3.05) is 26.3 Å². The molecule has 1 aromatic carbocycles. The van der Waals surface area contributed by atoms with Gasteiger partial charge in [0.1, 0.15) is 29.3 Å². The van der Waals surface area contributed by atoms with Gasteiger partial charge in [0.25, 0.3) is 5.91 Å². The molecule has 0 atom stereocenters. The number of hydrogen-bond donors (Lipinski definition) is 2. The zero-order chi connectivity index (χ0) is 21.5.